The summed E-state index contributed by atoms with van der Waals surface area (Å²) in [6.45, 7) is 4.00. The Morgan fingerprint density at radius 3 is 2.61 bits per heavy atom. The van der Waals surface area contributed by atoms with Crippen LogP contribution in [0.15, 0.2) is 36.5 Å². The molecule has 0 atom stereocenters. The molecule has 1 heterocycles. The number of aromatic nitrogens is 1. The average molecular weight is 241 g/mol. The topological polar surface area (TPSA) is 72.0 Å². The summed E-state index contributed by atoms with van der Waals surface area (Å²) in [5.74, 6) is 1.28. The highest BCUT2D eigenvalue weighted by Gasteiger charge is 2.04. The first-order chi connectivity index (χ1) is 8.56. The Hall–Kier alpha value is -2.36. The first kappa shape index (κ1) is 12.1. The van der Waals surface area contributed by atoms with Crippen LogP contribution in [0.1, 0.15) is 16.7 Å². The van der Waals surface area contributed by atoms with E-state index in [-0.39, 0.29) is 5.84 Å². The molecule has 4 heteroatoms. The SMILES string of the molecule is Cc1ccc(C)c(Oc2ccc(C(=N)N)cn2)c1. The van der Waals surface area contributed by atoms with Gasteiger partial charge in [-0.2, -0.15) is 0 Å². The number of nitrogens with two attached hydrogens (primary N) is 1. The number of nitrogen functional groups attached to an aromatic ring is 1. The van der Waals surface area contributed by atoms with Gasteiger partial charge in [0.15, 0.2) is 0 Å². The molecule has 92 valence electrons. The summed E-state index contributed by atoms with van der Waals surface area (Å²) in [7, 11) is 0. The molecule has 0 aliphatic heterocycles. The van der Waals surface area contributed by atoms with Gasteiger partial charge in [-0.25, -0.2) is 4.98 Å². The zero-order chi connectivity index (χ0) is 13.1. The summed E-state index contributed by atoms with van der Waals surface area (Å²) >= 11 is 0. The molecule has 0 aliphatic rings. The van der Waals surface area contributed by atoms with E-state index in [4.69, 9.17) is 15.9 Å². The molecule has 0 aliphatic carbocycles. The van der Waals surface area contributed by atoms with Crippen LogP contribution in [-0.2, 0) is 0 Å². The molecule has 3 N–H and O–H groups in total. The molecule has 1 aromatic carbocycles. The zero-order valence-electron chi connectivity index (χ0n) is 10.4. The number of pyridine rings is 1. The van der Waals surface area contributed by atoms with E-state index < -0.39 is 0 Å². The van der Waals surface area contributed by atoms with E-state index in [1.807, 2.05) is 32.0 Å². The van der Waals surface area contributed by atoms with Crippen LogP contribution in [0, 0.1) is 19.3 Å². The van der Waals surface area contributed by atoms with E-state index in [1.165, 1.54) is 6.20 Å². The van der Waals surface area contributed by atoms with Gasteiger partial charge in [0.05, 0.1) is 0 Å². The van der Waals surface area contributed by atoms with E-state index in [9.17, 15) is 0 Å². The number of hydrogen-bond acceptors (Lipinski definition) is 3. The molecule has 0 spiro atoms. The summed E-state index contributed by atoms with van der Waals surface area (Å²) in [5.41, 5.74) is 8.14. The number of nitrogens with zero attached hydrogens (tertiary/aromatic N) is 1. The van der Waals surface area contributed by atoms with Gasteiger partial charge >= 0.3 is 0 Å². The molecule has 2 rings (SSSR count). The normalized spacial score (nSPS) is 10.1. The minimum Gasteiger partial charge on any atom is -0.439 e. The predicted molar refractivity (Wildman–Crippen MR) is 71.2 cm³/mol. The Labute approximate surface area is 106 Å². The summed E-state index contributed by atoms with van der Waals surface area (Å²) < 4.78 is 5.70. The third kappa shape index (κ3) is 2.66. The smallest absolute Gasteiger partial charge is 0.219 e. The molecule has 18 heavy (non-hydrogen) atoms. The first-order valence-corrected chi connectivity index (χ1v) is 5.62. The maximum atomic E-state index is 7.29. The summed E-state index contributed by atoms with van der Waals surface area (Å²) in [4.78, 5) is 4.12. The van der Waals surface area contributed by atoms with Gasteiger partial charge in [-0.3, -0.25) is 5.41 Å². The number of ether oxygens (including phenoxy) is 1. The number of amidine groups is 1. The van der Waals surface area contributed by atoms with E-state index in [0.717, 1.165) is 16.9 Å². The highest BCUT2D eigenvalue weighted by molar-refractivity contribution is 5.94. The van der Waals surface area contributed by atoms with Crippen molar-refractivity contribution in [3.05, 3.63) is 53.2 Å². The summed E-state index contributed by atoms with van der Waals surface area (Å²) in [6.07, 6.45) is 1.53. The van der Waals surface area contributed by atoms with Gasteiger partial charge < -0.3 is 10.5 Å². The lowest BCUT2D eigenvalue weighted by molar-refractivity contribution is 0.459. The Bertz CT molecular complexity index is 576. The van der Waals surface area contributed by atoms with Crippen LogP contribution in [0.5, 0.6) is 11.6 Å². The van der Waals surface area contributed by atoms with Crippen molar-refractivity contribution in [3.8, 4) is 11.6 Å². The van der Waals surface area contributed by atoms with Gasteiger partial charge in [0, 0.05) is 17.8 Å². The first-order valence-electron chi connectivity index (χ1n) is 5.62. The average Bonchev–Trinajstić information content (AvgIpc) is 2.34. The molecule has 0 amide bonds. The van der Waals surface area contributed by atoms with E-state index >= 15 is 0 Å². The molecule has 0 fully saturated rings. The Morgan fingerprint density at radius 1 is 1.22 bits per heavy atom. The van der Waals surface area contributed by atoms with Crippen LogP contribution in [0.25, 0.3) is 0 Å². The molecule has 1 aromatic heterocycles. The molecule has 0 bridgehead atoms. The van der Waals surface area contributed by atoms with Crippen molar-refractivity contribution in [1.29, 1.82) is 5.41 Å². The van der Waals surface area contributed by atoms with Crippen LogP contribution in [0.3, 0.4) is 0 Å². The van der Waals surface area contributed by atoms with Gasteiger partial charge in [0.25, 0.3) is 0 Å². The number of nitrogens with one attached hydrogen (secondary N) is 1. The van der Waals surface area contributed by atoms with Crippen molar-refractivity contribution < 1.29 is 4.74 Å². The quantitative estimate of drug-likeness (QED) is 0.641. The third-order valence-corrected chi connectivity index (χ3v) is 2.61. The number of hydrogen-bond donors (Lipinski definition) is 2. The Balaban J connectivity index is 2.23. The van der Waals surface area contributed by atoms with Gasteiger partial charge in [0.1, 0.15) is 11.6 Å². The van der Waals surface area contributed by atoms with Crippen LogP contribution < -0.4 is 10.5 Å². The minimum atomic E-state index is 0.000728. The van der Waals surface area contributed by atoms with Gasteiger partial charge in [0.2, 0.25) is 5.88 Å². The molecular formula is C14H15N3O. The van der Waals surface area contributed by atoms with Crippen LogP contribution in [0.4, 0.5) is 0 Å². The van der Waals surface area contributed by atoms with E-state index in [1.54, 1.807) is 12.1 Å². The van der Waals surface area contributed by atoms with Crippen molar-refractivity contribution in [2.75, 3.05) is 0 Å². The molecule has 4 nitrogen and oxygen atoms in total. The van der Waals surface area contributed by atoms with E-state index in [0.29, 0.717) is 11.4 Å². The standard InChI is InChI=1S/C14H15N3O/c1-9-3-4-10(2)12(7-9)18-13-6-5-11(8-17-13)14(15)16/h3-8H,1-2H3,(H3,15,16). The number of rotatable bonds is 3. The maximum Gasteiger partial charge on any atom is 0.219 e. The molecule has 2 aromatic rings. The monoisotopic (exact) mass is 241 g/mol. The van der Waals surface area contributed by atoms with Crippen molar-refractivity contribution in [2.24, 2.45) is 5.73 Å². The second kappa shape index (κ2) is 4.87. The van der Waals surface area contributed by atoms with Crippen molar-refractivity contribution in [1.82, 2.24) is 4.98 Å². The van der Waals surface area contributed by atoms with Crippen LogP contribution in [0.2, 0.25) is 0 Å². The summed E-state index contributed by atoms with van der Waals surface area (Å²) in [6, 6.07) is 9.44. The fourth-order valence-corrected chi connectivity index (χ4v) is 1.53. The molecule has 0 saturated heterocycles. The lowest BCUT2D eigenvalue weighted by atomic mass is 10.1. The van der Waals surface area contributed by atoms with Crippen LogP contribution in [-0.4, -0.2) is 10.8 Å². The van der Waals surface area contributed by atoms with Crippen molar-refractivity contribution in [2.45, 2.75) is 13.8 Å². The minimum absolute atomic E-state index is 0.000728. The maximum absolute atomic E-state index is 7.29. The fourth-order valence-electron chi connectivity index (χ4n) is 1.53. The van der Waals surface area contributed by atoms with Gasteiger partial charge in [-0.1, -0.05) is 12.1 Å². The van der Waals surface area contributed by atoms with E-state index in [2.05, 4.69) is 4.98 Å². The largest absolute Gasteiger partial charge is 0.439 e. The highest BCUT2D eigenvalue weighted by Crippen LogP contribution is 2.24. The fraction of sp³-hybridized carbons (Fsp3) is 0.143. The highest BCUT2D eigenvalue weighted by atomic mass is 16.5. The lowest BCUT2D eigenvalue weighted by Crippen LogP contribution is -2.11. The predicted octanol–water partition coefficient (Wildman–Crippen LogP) is 2.77. The van der Waals surface area contributed by atoms with Crippen LogP contribution >= 0.6 is 0 Å². The van der Waals surface area contributed by atoms with Gasteiger partial charge in [-0.05, 0) is 37.1 Å². The number of aryl methyl sites for hydroxylation is 2. The molecule has 0 unspecified atom stereocenters. The second-order valence-electron chi connectivity index (χ2n) is 4.17. The van der Waals surface area contributed by atoms with Gasteiger partial charge in [-0.15, -0.1) is 0 Å². The summed E-state index contributed by atoms with van der Waals surface area (Å²) in [5, 5.41) is 7.29. The Kier molecular flexibility index (Phi) is 3.28. The molecular weight excluding hydrogens is 226 g/mol. The number of benzene rings is 1. The Morgan fingerprint density at radius 2 is 2.00 bits per heavy atom. The van der Waals surface area contributed by atoms with Crippen molar-refractivity contribution in [3.63, 3.8) is 0 Å². The third-order valence-electron chi connectivity index (χ3n) is 2.61. The second-order valence-corrected chi connectivity index (χ2v) is 4.17. The zero-order valence-corrected chi connectivity index (χ0v) is 10.4. The lowest BCUT2D eigenvalue weighted by Gasteiger charge is -2.08. The van der Waals surface area contributed by atoms with Crippen molar-refractivity contribution >= 4 is 5.84 Å². The molecule has 0 radical (unpaired) electrons. The molecule has 0 saturated carbocycles.